The summed E-state index contributed by atoms with van der Waals surface area (Å²) in [6.07, 6.45) is 1.13. The van der Waals surface area contributed by atoms with Crippen molar-refractivity contribution >= 4 is 35.0 Å². The average Bonchev–Trinajstić information content (AvgIpc) is 2.48. The summed E-state index contributed by atoms with van der Waals surface area (Å²) in [7, 11) is 0. The number of halogens is 2. The third-order valence-electron chi connectivity index (χ3n) is 3.09. The second-order valence-electron chi connectivity index (χ2n) is 4.82. The highest BCUT2D eigenvalue weighted by atomic mass is 35.5. The topological polar surface area (TPSA) is 12.0 Å². The first-order valence-electron chi connectivity index (χ1n) is 7.06. The van der Waals surface area contributed by atoms with Crippen molar-refractivity contribution in [1.29, 1.82) is 0 Å². The highest BCUT2D eigenvalue weighted by Crippen LogP contribution is 2.33. The van der Waals surface area contributed by atoms with Crippen LogP contribution in [0.4, 0.5) is 0 Å². The van der Waals surface area contributed by atoms with E-state index in [1.165, 1.54) is 11.1 Å². The van der Waals surface area contributed by atoms with Gasteiger partial charge in [0.25, 0.3) is 0 Å². The molecule has 0 bridgehead atoms. The van der Waals surface area contributed by atoms with Crippen LogP contribution in [0.2, 0.25) is 10.0 Å². The maximum atomic E-state index is 6.36. The molecule has 0 unspecified atom stereocenters. The number of nitrogens with one attached hydrogen (secondary N) is 1. The smallest absolute Gasteiger partial charge is 0.0545 e. The number of benzene rings is 2. The van der Waals surface area contributed by atoms with Gasteiger partial charge in [0.2, 0.25) is 0 Å². The van der Waals surface area contributed by atoms with Gasteiger partial charge < -0.3 is 5.32 Å². The third-order valence-corrected chi connectivity index (χ3v) is 5.01. The Morgan fingerprint density at radius 3 is 2.52 bits per heavy atom. The maximum absolute atomic E-state index is 6.36. The normalized spacial score (nSPS) is 10.8. The molecule has 2 aromatic rings. The summed E-state index contributed by atoms with van der Waals surface area (Å²) in [6, 6.07) is 14.1. The Labute approximate surface area is 141 Å². The molecule has 0 heterocycles. The van der Waals surface area contributed by atoms with Crippen LogP contribution in [0, 0.1) is 0 Å². The molecule has 4 heteroatoms. The largest absolute Gasteiger partial charge is 0.313 e. The van der Waals surface area contributed by atoms with Gasteiger partial charge in [0.05, 0.1) is 5.02 Å². The number of hydrogen-bond donors (Lipinski definition) is 1. The molecule has 0 aliphatic heterocycles. The van der Waals surface area contributed by atoms with Crippen molar-refractivity contribution in [2.75, 3.05) is 6.54 Å². The van der Waals surface area contributed by atoms with Crippen LogP contribution in [-0.4, -0.2) is 6.54 Å². The van der Waals surface area contributed by atoms with E-state index in [2.05, 4.69) is 30.4 Å². The van der Waals surface area contributed by atoms with Crippen molar-refractivity contribution in [3.63, 3.8) is 0 Å². The van der Waals surface area contributed by atoms with Gasteiger partial charge in [-0.15, -0.1) is 11.8 Å². The first-order chi connectivity index (χ1) is 10.2. The van der Waals surface area contributed by atoms with E-state index >= 15 is 0 Å². The van der Waals surface area contributed by atoms with Gasteiger partial charge in [0.15, 0.2) is 0 Å². The monoisotopic (exact) mass is 339 g/mol. The molecule has 0 saturated heterocycles. The third kappa shape index (κ3) is 5.23. The number of hydrogen-bond acceptors (Lipinski definition) is 2. The minimum atomic E-state index is 0.769. The van der Waals surface area contributed by atoms with Gasteiger partial charge >= 0.3 is 0 Å². The van der Waals surface area contributed by atoms with Gasteiger partial charge in [-0.05, 0) is 42.3 Å². The molecule has 0 spiro atoms. The molecule has 0 aliphatic rings. The molecule has 112 valence electrons. The zero-order valence-electron chi connectivity index (χ0n) is 12.0. The van der Waals surface area contributed by atoms with E-state index < -0.39 is 0 Å². The fraction of sp³-hybridized carbons (Fsp3) is 0.294. The van der Waals surface area contributed by atoms with Crippen molar-refractivity contribution < 1.29 is 0 Å². The lowest BCUT2D eigenvalue weighted by molar-refractivity contribution is 0.669. The molecule has 0 saturated carbocycles. The fourth-order valence-corrected chi connectivity index (χ4v) is 3.51. The zero-order valence-corrected chi connectivity index (χ0v) is 14.4. The van der Waals surface area contributed by atoms with Crippen LogP contribution in [0.1, 0.15) is 24.5 Å². The quantitative estimate of drug-likeness (QED) is 0.506. The van der Waals surface area contributed by atoms with E-state index in [0.717, 1.165) is 40.2 Å². The molecule has 0 aromatic heterocycles. The predicted molar refractivity (Wildman–Crippen MR) is 94.5 cm³/mol. The molecule has 2 rings (SSSR count). The van der Waals surface area contributed by atoms with E-state index in [9.17, 15) is 0 Å². The predicted octanol–water partition coefficient (Wildman–Crippen LogP) is 5.79. The van der Waals surface area contributed by atoms with Crippen molar-refractivity contribution in [1.82, 2.24) is 5.32 Å². The Morgan fingerprint density at radius 2 is 1.81 bits per heavy atom. The first kappa shape index (κ1) is 16.7. The summed E-state index contributed by atoms with van der Waals surface area (Å²) in [6.45, 7) is 4.05. The van der Waals surface area contributed by atoms with Crippen LogP contribution in [0.5, 0.6) is 0 Å². The van der Waals surface area contributed by atoms with Crippen LogP contribution in [0.3, 0.4) is 0 Å². The van der Waals surface area contributed by atoms with Crippen LogP contribution in [0.25, 0.3) is 0 Å². The molecule has 0 radical (unpaired) electrons. The summed E-state index contributed by atoms with van der Waals surface area (Å²) in [5.41, 5.74) is 2.51. The summed E-state index contributed by atoms with van der Waals surface area (Å²) in [4.78, 5) is 1.16. The van der Waals surface area contributed by atoms with Crippen molar-refractivity contribution in [3.8, 4) is 0 Å². The van der Waals surface area contributed by atoms with Crippen LogP contribution in [0.15, 0.2) is 47.4 Å². The van der Waals surface area contributed by atoms with E-state index in [1.54, 1.807) is 11.8 Å². The zero-order chi connectivity index (χ0) is 15.1. The van der Waals surface area contributed by atoms with E-state index in [4.69, 9.17) is 23.2 Å². The molecule has 1 nitrogen and oxygen atoms in total. The van der Waals surface area contributed by atoms with Gasteiger partial charge in [0, 0.05) is 22.2 Å². The standard InChI is InChI=1S/C17H19Cl2NS/c1-2-10-20-11-14-4-3-5-16(19)17(14)21-12-13-6-8-15(18)9-7-13/h3-9,20H,2,10-12H2,1H3. The minimum absolute atomic E-state index is 0.769. The molecule has 0 aliphatic carbocycles. The number of rotatable bonds is 7. The van der Waals surface area contributed by atoms with E-state index in [-0.39, 0.29) is 0 Å². The molecule has 1 N–H and O–H groups in total. The maximum Gasteiger partial charge on any atom is 0.0545 e. The molecule has 21 heavy (non-hydrogen) atoms. The van der Waals surface area contributed by atoms with E-state index in [1.807, 2.05) is 24.3 Å². The highest BCUT2D eigenvalue weighted by Gasteiger charge is 2.08. The Hall–Kier alpha value is -0.670. The lowest BCUT2D eigenvalue weighted by Crippen LogP contribution is -2.14. The summed E-state index contributed by atoms with van der Waals surface area (Å²) < 4.78 is 0. The SMILES string of the molecule is CCCNCc1cccc(Cl)c1SCc1ccc(Cl)cc1. The second kappa shape index (κ2) is 8.70. The Morgan fingerprint density at radius 1 is 1.05 bits per heavy atom. The van der Waals surface area contributed by atoms with Crippen molar-refractivity contribution in [3.05, 3.63) is 63.6 Å². The lowest BCUT2D eigenvalue weighted by Gasteiger charge is -2.12. The Balaban J connectivity index is 2.05. The highest BCUT2D eigenvalue weighted by molar-refractivity contribution is 7.98. The van der Waals surface area contributed by atoms with Crippen molar-refractivity contribution in [2.45, 2.75) is 30.5 Å². The van der Waals surface area contributed by atoms with Gasteiger partial charge in [-0.1, -0.05) is 54.4 Å². The van der Waals surface area contributed by atoms with Gasteiger partial charge in [-0.3, -0.25) is 0 Å². The molecule has 2 aromatic carbocycles. The Kier molecular flexibility index (Phi) is 6.91. The van der Waals surface area contributed by atoms with Gasteiger partial charge in [0.1, 0.15) is 0 Å². The minimum Gasteiger partial charge on any atom is -0.313 e. The van der Waals surface area contributed by atoms with Crippen LogP contribution < -0.4 is 5.32 Å². The van der Waals surface area contributed by atoms with Gasteiger partial charge in [-0.2, -0.15) is 0 Å². The van der Waals surface area contributed by atoms with Gasteiger partial charge in [-0.25, -0.2) is 0 Å². The summed E-state index contributed by atoms with van der Waals surface area (Å²) >= 11 is 14.1. The van der Waals surface area contributed by atoms with Crippen LogP contribution in [-0.2, 0) is 12.3 Å². The Bertz CT molecular complexity index is 570. The molecular weight excluding hydrogens is 321 g/mol. The molecule has 0 amide bonds. The summed E-state index contributed by atoms with van der Waals surface area (Å²) in [5, 5.41) is 5.03. The molecule has 0 fully saturated rings. The van der Waals surface area contributed by atoms with Crippen LogP contribution >= 0.6 is 35.0 Å². The van der Waals surface area contributed by atoms with Crippen molar-refractivity contribution in [2.24, 2.45) is 0 Å². The average molecular weight is 340 g/mol. The molecule has 0 atom stereocenters. The second-order valence-corrected chi connectivity index (χ2v) is 6.65. The fourth-order valence-electron chi connectivity index (χ4n) is 1.99. The first-order valence-corrected chi connectivity index (χ1v) is 8.80. The number of thioether (sulfide) groups is 1. The molecular formula is C17H19Cl2NS. The van der Waals surface area contributed by atoms with E-state index in [0.29, 0.717) is 0 Å². The summed E-state index contributed by atoms with van der Waals surface area (Å²) in [5.74, 6) is 0.891. The lowest BCUT2D eigenvalue weighted by atomic mass is 10.2.